The minimum absolute atomic E-state index is 0.185. The second-order valence-corrected chi connectivity index (χ2v) is 8.87. The molecule has 0 saturated carbocycles. The Bertz CT molecular complexity index is 1200. The van der Waals surface area contributed by atoms with Gasteiger partial charge in [0, 0.05) is 45.0 Å². The van der Waals surface area contributed by atoms with Gasteiger partial charge in [0.25, 0.3) is 0 Å². The normalized spacial score (nSPS) is 16.2. The molecule has 2 aliphatic heterocycles. The van der Waals surface area contributed by atoms with Gasteiger partial charge in [-0.25, -0.2) is 14.2 Å². The number of nitrogens with one attached hydrogen (secondary N) is 1. The first-order valence-corrected chi connectivity index (χ1v) is 11.7. The van der Waals surface area contributed by atoms with Gasteiger partial charge in [0.05, 0.1) is 30.8 Å². The van der Waals surface area contributed by atoms with Gasteiger partial charge in [-0.05, 0) is 60.7 Å². The molecule has 9 heteroatoms. The maximum Gasteiger partial charge on any atom is 0.321 e. The fraction of sp³-hybridized carbons (Fsp3) is 0.400. The number of urea groups is 1. The summed E-state index contributed by atoms with van der Waals surface area (Å²) in [5.41, 5.74) is 4.42. The molecule has 1 aromatic carbocycles. The molecule has 0 bridgehead atoms. The van der Waals surface area contributed by atoms with Crippen LogP contribution in [0.2, 0.25) is 0 Å². The summed E-state index contributed by atoms with van der Waals surface area (Å²) in [4.78, 5) is 21.4. The van der Waals surface area contributed by atoms with E-state index in [9.17, 15) is 9.18 Å². The summed E-state index contributed by atoms with van der Waals surface area (Å²) in [5.74, 6) is 0.398. The number of nitrogens with zero attached hydrogens (tertiary/aromatic N) is 5. The SMILES string of the molecule is Cc1cc(F)c(NC(=O)N2CCCC2)cc1-c1cc(-c2cnn(C)c2)nc(N2CCOCC2)c1. The van der Waals surface area contributed by atoms with E-state index >= 15 is 0 Å². The number of rotatable bonds is 4. The number of halogens is 1. The Morgan fingerprint density at radius 1 is 1.06 bits per heavy atom. The van der Waals surface area contributed by atoms with Crippen molar-refractivity contribution in [2.24, 2.45) is 7.05 Å². The van der Waals surface area contributed by atoms with Crippen LogP contribution in [0.15, 0.2) is 36.7 Å². The molecule has 3 aromatic rings. The molecule has 0 aliphatic carbocycles. The van der Waals surface area contributed by atoms with E-state index in [1.807, 2.05) is 32.3 Å². The third kappa shape index (κ3) is 4.61. The van der Waals surface area contributed by atoms with Gasteiger partial charge in [0.1, 0.15) is 11.6 Å². The van der Waals surface area contributed by atoms with E-state index in [0.717, 1.165) is 59.7 Å². The number of hydrogen-bond acceptors (Lipinski definition) is 5. The van der Waals surface area contributed by atoms with Gasteiger partial charge < -0.3 is 19.9 Å². The van der Waals surface area contributed by atoms with Gasteiger partial charge in [-0.15, -0.1) is 0 Å². The number of amides is 2. The second-order valence-electron chi connectivity index (χ2n) is 8.87. The summed E-state index contributed by atoms with van der Waals surface area (Å²) in [6.45, 7) is 6.09. The number of morpholine rings is 1. The minimum Gasteiger partial charge on any atom is -0.378 e. The molecule has 4 heterocycles. The molecular weight excluding hydrogens is 435 g/mol. The van der Waals surface area contributed by atoms with Crippen LogP contribution in [0.25, 0.3) is 22.4 Å². The molecule has 0 unspecified atom stereocenters. The van der Waals surface area contributed by atoms with E-state index in [1.165, 1.54) is 6.07 Å². The van der Waals surface area contributed by atoms with E-state index in [-0.39, 0.29) is 11.7 Å². The molecule has 2 aromatic heterocycles. The molecule has 0 atom stereocenters. The summed E-state index contributed by atoms with van der Waals surface area (Å²) in [6, 6.07) is 6.97. The molecular formula is C25H29FN6O2. The van der Waals surface area contributed by atoms with Crippen molar-refractivity contribution in [2.75, 3.05) is 49.6 Å². The van der Waals surface area contributed by atoms with Crippen molar-refractivity contribution in [2.45, 2.75) is 19.8 Å². The number of aromatic nitrogens is 3. The maximum absolute atomic E-state index is 14.8. The molecule has 2 fully saturated rings. The third-order valence-corrected chi connectivity index (χ3v) is 6.41. The lowest BCUT2D eigenvalue weighted by atomic mass is 9.98. The first kappa shape index (κ1) is 22.3. The molecule has 178 valence electrons. The van der Waals surface area contributed by atoms with Gasteiger partial charge in [0.2, 0.25) is 0 Å². The molecule has 5 rings (SSSR count). The van der Waals surface area contributed by atoms with Crippen LogP contribution in [0.1, 0.15) is 18.4 Å². The van der Waals surface area contributed by atoms with Crippen molar-refractivity contribution in [1.82, 2.24) is 19.7 Å². The van der Waals surface area contributed by atoms with Gasteiger partial charge >= 0.3 is 6.03 Å². The summed E-state index contributed by atoms with van der Waals surface area (Å²) in [6.07, 6.45) is 5.67. The van der Waals surface area contributed by atoms with Gasteiger partial charge in [-0.1, -0.05) is 0 Å². The van der Waals surface area contributed by atoms with Crippen LogP contribution in [0, 0.1) is 12.7 Å². The van der Waals surface area contributed by atoms with E-state index < -0.39 is 5.82 Å². The van der Waals surface area contributed by atoms with E-state index in [4.69, 9.17) is 9.72 Å². The Morgan fingerprint density at radius 2 is 1.82 bits per heavy atom. The molecule has 2 aliphatic rings. The van der Waals surface area contributed by atoms with Crippen LogP contribution in [0.5, 0.6) is 0 Å². The van der Waals surface area contributed by atoms with Crippen LogP contribution in [0.4, 0.5) is 20.7 Å². The van der Waals surface area contributed by atoms with Crippen molar-refractivity contribution >= 4 is 17.5 Å². The Kier molecular flexibility index (Phi) is 6.19. The lowest BCUT2D eigenvalue weighted by Gasteiger charge is -2.28. The first-order chi connectivity index (χ1) is 16.5. The number of carbonyl (C=O) groups is 1. The smallest absolute Gasteiger partial charge is 0.321 e. The lowest BCUT2D eigenvalue weighted by Crippen LogP contribution is -2.36. The van der Waals surface area contributed by atoms with Crippen LogP contribution in [0.3, 0.4) is 0 Å². The molecule has 0 radical (unpaired) electrons. The number of hydrogen-bond donors (Lipinski definition) is 1. The van der Waals surface area contributed by atoms with Crippen molar-refractivity contribution in [1.29, 1.82) is 0 Å². The van der Waals surface area contributed by atoms with Gasteiger partial charge in [0.15, 0.2) is 0 Å². The fourth-order valence-corrected chi connectivity index (χ4v) is 4.52. The number of carbonyl (C=O) groups excluding carboxylic acids is 1. The highest BCUT2D eigenvalue weighted by Gasteiger charge is 2.21. The highest BCUT2D eigenvalue weighted by atomic mass is 19.1. The van der Waals surface area contributed by atoms with Gasteiger partial charge in [-0.3, -0.25) is 4.68 Å². The number of benzene rings is 1. The Morgan fingerprint density at radius 3 is 2.53 bits per heavy atom. The van der Waals surface area contributed by atoms with Crippen LogP contribution < -0.4 is 10.2 Å². The largest absolute Gasteiger partial charge is 0.378 e. The van der Waals surface area contributed by atoms with Crippen LogP contribution in [-0.4, -0.2) is 65.1 Å². The molecule has 0 spiro atoms. The maximum atomic E-state index is 14.8. The summed E-state index contributed by atoms with van der Waals surface area (Å²) in [7, 11) is 1.87. The molecule has 2 saturated heterocycles. The van der Waals surface area contributed by atoms with E-state index in [1.54, 1.807) is 21.8 Å². The fourth-order valence-electron chi connectivity index (χ4n) is 4.52. The predicted molar refractivity (Wildman–Crippen MR) is 129 cm³/mol. The summed E-state index contributed by atoms with van der Waals surface area (Å²) < 4.78 is 22.1. The van der Waals surface area contributed by atoms with Crippen molar-refractivity contribution in [3.8, 4) is 22.4 Å². The number of ether oxygens (including phenoxy) is 1. The lowest BCUT2D eigenvalue weighted by molar-refractivity contribution is 0.122. The minimum atomic E-state index is -0.441. The number of aryl methyl sites for hydroxylation is 2. The average Bonchev–Trinajstić information content (AvgIpc) is 3.53. The molecule has 8 nitrogen and oxygen atoms in total. The summed E-state index contributed by atoms with van der Waals surface area (Å²) in [5, 5.41) is 7.07. The Labute approximate surface area is 198 Å². The highest BCUT2D eigenvalue weighted by molar-refractivity contribution is 5.91. The number of likely N-dealkylation sites (tertiary alicyclic amines) is 1. The van der Waals surface area contributed by atoms with Crippen LogP contribution >= 0.6 is 0 Å². The predicted octanol–water partition coefficient (Wildman–Crippen LogP) is 4.06. The van der Waals surface area contributed by atoms with Crippen molar-refractivity contribution in [3.63, 3.8) is 0 Å². The van der Waals surface area contributed by atoms with Crippen LogP contribution in [-0.2, 0) is 11.8 Å². The standard InChI is InChI=1S/C25H29FN6O2/c1-17-11-21(26)23(29-25(33)32-5-3-4-6-32)14-20(17)18-12-22(19-15-27-30(2)16-19)28-24(13-18)31-7-9-34-10-8-31/h11-16H,3-10H2,1-2H3,(H,29,33). The van der Waals surface area contributed by atoms with E-state index in [2.05, 4.69) is 15.3 Å². The molecule has 34 heavy (non-hydrogen) atoms. The molecule has 2 amide bonds. The average molecular weight is 465 g/mol. The zero-order chi connectivity index (χ0) is 23.7. The number of anilines is 2. The first-order valence-electron chi connectivity index (χ1n) is 11.7. The van der Waals surface area contributed by atoms with Crippen molar-refractivity contribution < 1.29 is 13.9 Å². The monoisotopic (exact) mass is 464 g/mol. The zero-order valence-electron chi connectivity index (χ0n) is 19.6. The van der Waals surface area contributed by atoms with Crippen molar-refractivity contribution in [3.05, 3.63) is 48.0 Å². The Hall–Kier alpha value is -3.46. The topological polar surface area (TPSA) is 75.5 Å². The van der Waals surface area contributed by atoms with Gasteiger partial charge in [-0.2, -0.15) is 5.10 Å². The summed E-state index contributed by atoms with van der Waals surface area (Å²) >= 11 is 0. The highest BCUT2D eigenvalue weighted by Crippen LogP contribution is 2.34. The van der Waals surface area contributed by atoms with E-state index in [0.29, 0.717) is 26.3 Å². The Balaban J connectivity index is 1.55. The zero-order valence-corrected chi connectivity index (χ0v) is 19.6. The quantitative estimate of drug-likeness (QED) is 0.630. The second kappa shape index (κ2) is 9.42. The number of pyridine rings is 1. The molecule has 1 N–H and O–H groups in total. The third-order valence-electron chi connectivity index (χ3n) is 6.41.